The molecular formula is C7H8O. The van der Waals surface area contributed by atoms with Crippen molar-refractivity contribution in [3.8, 4) is 12.3 Å². The summed E-state index contributed by atoms with van der Waals surface area (Å²) in [6.45, 7) is 0. The van der Waals surface area contributed by atoms with E-state index in [1.165, 1.54) is 0 Å². The molecule has 1 unspecified atom stereocenters. The summed E-state index contributed by atoms with van der Waals surface area (Å²) < 4.78 is 0. The zero-order valence-corrected chi connectivity index (χ0v) is 4.68. The molecule has 0 aromatic heterocycles. The van der Waals surface area contributed by atoms with Gasteiger partial charge >= 0.3 is 0 Å². The minimum Gasteiger partial charge on any atom is -0.299 e. The van der Waals surface area contributed by atoms with Crippen LogP contribution in [0.2, 0.25) is 0 Å². The van der Waals surface area contributed by atoms with Gasteiger partial charge in [0.05, 0.1) is 0 Å². The van der Waals surface area contributed by atoms with Gasteiger partial charge in [0.2, 0.25) is 0 Å². The molecule has 0 heterocycles. The first-order valence-electron chi connectivity index (χ1n) is 2.81. The molecule has 1 aliphatic rings. The van der Waals surface area contributed by atoms with E-state index < -0.39 is 0 Å². The van der Waals surface area contributed by atoms with Gasteiger partial charge in [-0.15, -0.1) is 12.3 Å². The normalized spacial score (nSPS) is 26.4. The first-order chi connectivity index (χ1) is 3.84. The summed E-state index contributed by atoms with van der Waals surface area (Å²) in [5.41, 5.74) is 0. The van der Waals surface area contributed by atoms with Crippen LogP contribution in [-0.4, -0.2) is 5.78 Å². The third-order valence-electron chi connectivity index (χ3n) is 1.56. The minimum atomic E-state index is 0.222. The Morgan fingerprint density at radius 3 is 2.75 bits per heavy atom. The fourth-order valence-corrected chi connectivity index (χ4v) is 0.824. The van der Waals surface area contributed by atoms with Crippen molar-refractivity contribution in [2.24, 2.45) is 5.92 Å². The van der Waals surface area contributed by atoms with Crippen LogP contribution in [0.15, 0.2) is 0 Å². The van der Waals surface area contributed by atoms with Gasteiger partial charge in [-0.05, 0) is 6.42 Å². The molecule has 0 bridgehead atoms. The molecule has 0 amide bonds. The van der Waals surface area contributed by atoms with Crippen molar-refractivity contribution in [1.29, 1.82) is 0 Å². The Balaban J connectivity index is 2.30. The van der Waals surface area contributed by atoms with Crippen molar-refractivity contribution < 1.29 is 4.79 Å². The van der Waals surface area contributed by atoms with Crippen LogP contribution < -0.4 is 0 Å². The van der Waals surface area contributed by atoms with Crippen LogP contribution in [0.3, 0.4) is 0 Å². The van der Waals surface area contributed by atoms with E-state index in [-0.39, 0.29) is 5.92 Å². The Kier molecular flexibility index (Phi) is 1.34. The number of hydrogen-bond donors (Lipinski definition) is 0. The van der Waals surface area contributed by atoms with Crippen molar-refractivity contribution in [1.82, 2.24) is 0 Å². The summed E-state index contributed by atoms with van der Waals surface area (Å²) in [4.78, 5) is 10.5. The lowest BCUT2D eigenvalue weighted by atomic mass is 9.82. The highest BCUT2D eigenvalue weighted by Gasteiger charge is 2.26. The van der Waals surface area contributed by atoms with Gasteiger partial charge in [0.25, 0.3) is 0 Å². The molecule has 0 aromatic carbocycles. The lowest BCUT2D eigenvalue weighted by molar-refractivity contribution is -0.128. The van der Waals surface area contributed by atoms with Gasteiger partial charge in [-0.25, -0.2) is 0 Å². The van der Waals surface area contributed by atoms with Gasteiger partial charge in [0, 0.05) is 18.8 Å². The zero-order valence-electron chi connectivity index (χ0n) is 4.68. The topological polar surface area (TPSA) is 17.1 Å². The second kappa shape index (κ2) is 2.00. The Morgan fingerprint density at radius 1 is 1.88 bits per heavy atom. The van der Waals surface area contributed by atoms with Crippen molar-refractivity contribution >= 4 is 5.78 Å². The van der Waals surface area contributed by atoms with Crippen LogP contribution in [0, 0.1) is 18.3 Å². The van der Waals surface area contributed by atoms with E-state index in [2.05, 4.69) is 5.92 Å². The standard InChI is InChI=1S/C7H8O/c1-2-3-6-4-5-7(6)8/h1,6H,3-5H2. The summed E-state index contributed by atoms with van der Waals surface area (Å²) in [5, 5.41) is 0. The fourth-order valence-electron chi connectivity index (χ4n) is 0.824. The first kappa shape index (κ1) is 5.37. The number of rotatable bonds is 1. The predicted octanol–water partition coefficient (Wildman–Crippen LogP) is 0.989. The second-order valence-corrected chi connectivity index (χ2v) is 2.11. The third-order valence-corrected chi connectivity index (χ3v) is 1.56. The molecule has 1 saturated carbocycles. The molecule has 1 fully saturated rings. The summed E-state index contributed by atoms with van der Waals surface area (Å²) >= 11 is 0. The molecule has 1 heteroatoms. The molecule has 0 N–H and O–H groups in total. The fraction of sp³-hybridized carbons (Fsp3) is 0.571. The van der Waals surface area contributed by atoms with Gasteiger partial charge < -0.3 is 0 Å². The minimum absolute atomic E-state index is 0.222. The summed E-state index contributed by atoms with van der Waals surface area (Å²) in [7, 11) is 0. The largest absolute Gasteiger partial charge is 0.299 e. The van der Waals surface area contributed by atoms with Crippen molar-refractivity contribution in [2.45, 2.75) is 19.3 Å². The van der Waals surface area contributed by atoms with Crippen LogP contribution >= 0.6 is 0 Å². The molecule has 1 nitrogen and oxygen atoms in total. The molecule has 0 aliphatic heterocycles. The van der Waals surface area contributed by atoms with E-state index in [1.54, 1.807) is 0 Å². The number of carbonyl (C=O) groups is 1. The SMILES string of the molecule is C#CCC1CCC1=O. The van der Waals surface area contributed by atoms with E-state index >= 15 is 0 Å². The second-order valence-electron chi connectivity index (χ2n) is 2.11. The average molecular weight is 108 g/mol. The van der Waals surface area contributed by atoms with Gasteiger partial charge in [-0.1, -0.05) is 0 Å². The summed E-state index contributed by atoms with van der Waals surface area (Å²) in [5.74, 6) is 3.05. The molecule has 8 heavy (non-hydrogen) atoms. The van der Waals surface area contributed by atoms with Gasteiger partial charge in [-0.3, -0.25) is 4.79 Å². The maximum atomic E-state index is 10.5. The van der Waals surface area contributed by atoms with Gasteiger partial charge in [0.15, 0.2) is 0 Å². The first-order valence-corrected chi connectivity index (χ1v) is 2.81. The summed E-state index contributed by atoms with van der Waals surface area (Å²) in [6, 6.07) is 0. The van der Waals surface area contributed by atoms with Crippen molar-refractivity contribution in [3.05, 3.63) is 0 Å². The average Bonchev–Trinajstić information content (AvgIpc) is 1.79. The van der Waals surface area contributed by atoms with Crippen LogP contribution in [0.25, 0.3) is 0 Å². The molecule has 0 saturated heterocycles. The van der Waals surface area contributed by atoms with E-state index in [0.717, 1.165) is 12.8 Å². The number of hydrogen-bond acceptors (Lipinski definition) is 1. The molecule has 0 radical (unpaired) electrons. The Hall–Kier alpha value is -0.770. The molecule has 0 spiro atoms. The van der Waals surface area contributed by atoms with Crippen molar-refractivity contribution in [3.63, 3.8) is 0 Å². The van der Waals surface area contributed by atoms with E-state index in [1.807, 2.05) is 0 Å². The van der Waals surface area contributed by atoms with Gasteiger partial charge in [-0.2, -0.15) is 0 Å². The number of Topliss-reactive ketones (excluding diaryl/α,β-unsaturated/α-hetero) is 1. The molecular weight excluding hydrogens is 100 g/mol. The maximum absolute atomic E-state index is 10.5. The van der Waals surface area contributed by atoms with Crippen LogP contribution in [-0.2, 0) is 4.79 Å². The van der Waals surface area contributed by atoms with E-state index in [4.69, 9.17) is 6.42 Å². The predicted molar refractivity (Wildman–Crippen MR) is 31.2 cm³/mol. The lowest BCUT2D eigenvalue weighted by Crippen LogP contribution is -2.24. The molecule has 0 aromatic rings. The highest BCUT2D eigenvalue weighted by molar-refractivity contribution is 5.86. The highest BCUT2D eigenvalue weighted by Crippen LogP contribution is 2.24. The number of carbonyl (C=O) groups excluding carboxylic acids is 1. The quantitative estimate of drug-likeness (QED) is 0.458. The van der Waals surface area contributed by atoms with Crippen LogP contribution in [0.1, 0.15) is 19.3 Å². The monoisotopic (exact) mass is 108 g/mol. The van der Waals surface area contributed by atoms with Crippen LogP contribution in [0.5, 0.6) is 0 Å². The van der Waals surface area contributed by atoms with E-state index in [9.17, 15) is 4.79 Å². The molecule has 42 valence electrons. The summed E-state index contributed by atoms with van der Waals surface area (Å²) in [6.07, 6.45) is 7.42. The van der Waals surface area contributed by atoms with Crippen molar-refractivity contribution in [2.75, 3.05) is 0 Å². The third kappa shape index (κ3) is 0.742. The number of ketones is 1. The smallest absolute Gasteiger partial charge is 0.136 e. The maximum Gasteiger partial charge on any atom is 0.136 e. The molecule has 1 atom stereocenters. The van der Waals surface area contributed by atoms with E-state index in [0.29, 0.717) is 12.2 Å². The Morgan fingerprint density at radius 2 is 2.62 bits per heavy atom. The Labute approximate surface area is 49.1 Å². The van der Waals surface area contributed by atoms with Crippen LogP contribution in [0.4, 0.5) is 0 Å². The molecule has 1 rings (SSSR count). The highest BCUT2D eigenvalue weighted by atomic mass is 16.1. The zero-order chi connectivity index (χ0) is 5.98. The number of terminal acetylenes is 1. The Bertz CT molecular complexity index is 141. The van der Waals surface area contributed by atoms with Gasteiger partial charge in [0.1, 0.15) is 5.78 Å². The molecule has 1 aliphatic carbocycles. The lowest BCUT2D eigenvalue weighted by Gasteiger charge is -2.20.